The van der Waals surface area contributed by atoms with Crippen LogP contribution in [-0.2, 0) is 6.42 Å². The third kappa shape index (κ3) is 2.65. The van der Waals surface area contributed by atoms with Crippen LogP contribution in [0.1, 0.15) is 27.5 Å². The summed E-state index contributed by atoms with van der Waals surface area (Å²) >= 11 is 5.98. The minimum atomic E-state index is -0.727. The first-order chi connectivity index (χ1) is 10.5. The Morgan fingerprint density at radius 3 is 2.82 bits per heavy atom. The van der Waals surface area contributed by atoms with Crippen molar-refractivity contribution in [3.05, 3.63) is 63.9 Å². The van der Waals surface area contributed by atoms with Gasteiger partial charge in [0.25, 0.3) is 5.91 Å². The Labute approximate surface area is 131 Å². The first-order valence-corrected chi connectivity index (χ1v) is 7.16. The average molecular weight is 321 g/mol. The number of anilines is 1. The number of aliphatic hydroxyl groups excluding tert-OH is 1. The summed E-state index contributed by atoms with van der Waals surface area (Å²) in [7, 11) is 0. The minimum absolute atomic E-state index is 0.0944. The molecule has 0 radical (unpaired) electrons. The molecule has 0 spiro atoms. The van der Waals surface area contributed by atoms with E-state index in [0.29, 0.717) is 11.4 Å². The van der Waals surface area contributed by atoms with E-state index in [1.807, 2.05) is 6.07 Å². The highest BCUT2D eigenvalue weighted by Gasteiger charge is 2.32. The summed E-state index contributed by atoms with van der Waals surface area (Å²) in [5, 5.41) is 13.4. The van der Waals surface area contributed by atoms with Gasteiger partial charge in [0.2, 0.25) is 0 Å². The van der Waals surface area contributed by atoms with E-state index in [1.54, 1.807) is 12.1 Å². The fraction of sp³-hybridized carbons (Fsp3) is 0.188. The quantitative estimate of drug-likeness (QED) is 0.744. The zero-order valence-electron chi connectivity index (χ0n) is 11.5. The third-order valence-corrected chi connectivity index (χ3v) is 4.04. The Morgan fingerprint density at radius 1 is 1.32 bits per heavy atom. The average Bonchev–Trinajstić information content (AvgIpc) is 2.78. The summed E-state index contributed by atoms with van der Waals surface area (Å²) in [6.07, 6.45) is -0.279. The number of carbonyl (C=O) groups is 1. The fourth-order valence-electron chi connectivity index (χ4n) is 2.68. The van der Waals surface area contributed by atoms with E-state index >= 15 is 0 Å². The van der Waals surface area contributed by atoms with Crippen molar-refractivity contribution < 1.29 is 14.3 Å². The smallest absolute Gasteiger partial charge is 0.251 e. The molecule has 4 nitrogen and oxygen atoms in total. The summed E-state index contributed by atoms with van der Waals surface area (Å²) in [5.74, 6) is -1.00. The highest BCUT2D eigenvalue weighted by Crippen LogP contribution is 2.33. The van der Waals surface area contributed by atoms with Crippen LogP contribution >= 0.6 is 11.6 Å². The van der Waals surface area contributed by atoms with Gasteiger partial charge >= 0.3 is 0 Å². The van der Waals surface area contributed by atoms with Crippen LogP contribution in [0.4, 0.5) is 10.1 Å². The maximum Gasteiger partial charge on any atom is 0.251 e. The van der Waals surface area contributed by atoms with Crippen molar-refractivity contribution in [3.8, 4) is 0 Å². The Morgan fingerprint density at radius 2 is 2.09 bits per heavy atom. The lowest BCUT2D eigenvalue weighted by Gasteiger charge is -2.18. The van der Waals surface area contributed by atoms with Gasteiger partial charge in [-0.05, 0) is 41.5 Å². The third-order valence-electron chi connectivity index (χ3n) is 3.80. The summed E-state index contributed by atoms with van der Waals surface area (Å²) in [6.45, 7) is 0. The van der Waals surface area contributed by atoms with Crippen LogP contribution in [0.2, 0.25) is 5.02 Å². The van der Waals surface area contributed by atoms with Crippen LogP contribution in [0.25, 0.3) is 0 Å². The molecule has 1 aliphatic carbocycles. The first-order valence-electron chi connectivity index (χ1n) is 6.78. The van der Waals surface area contributed by atoms with Gasteiger partial charge in [-0.1, -0.05) is 17.7 Å². The van der Waals surface area contributed by atoms with Gasteiger partial charge < -0.3 is 16.2 Å². The number of fused-ring (bicyclic) bond motifs is 1. The van der Waals surface area contributed by atoms with E-state index < -0.39 is 23.9 Å². The Balaban J connectivity index is 1.85. The van der Waals surface area contributed by atoms with Crippen LogP contribution in [0.15, 0.2) is 36.4 Å². The standard InChI is InChI=1S/C16H14ClFN2O2/c17-10-3-1-8-6-14(21)15(11(8)7-10)20-16(22)9-2-4-12(18)13(19)5-9/h1-5,7,14-15,21H,6,19H2,(H,20,22). The van der Waals surface area contributed by atoms with Crippen molar-refractivity contribution in [3.63, 3.8) is 0 Å². The molecule has 2 atom stereocenters. The summed E-state index contributed by atoms with van der Waals surface area (Å²) < 4.78 is 13.2. The second-order valence-electron chi connectivity index (χ2n) is 5.30. The molecule has 114 valence electrons. The molecule has 4 N–H and O–H groups in total. The SMILES string of the molecule is Nc1cc(C(=O)NC2c3cc(Cl)ccc3CC2O)ccc1F. The van der Waals surface area contributed by atoms with Crippen molar-refractivity contribution in [1.29, 1.82) is 0 Å². The number of benzene rings is 2. The molecule has 1 amide bonds. The lowest BCUT2D eigenvalue weighted by molar-refractivity contribution is 0.0858. The molecular weight excluding hydrogens is 307 g/mol. The van der Waals surface area contributed by atoms with Crippen molar-refractivity contribution in [2.24, 2.45) is 0 Å². The van der Waals surface area contributed by atoms with Crippen molar-refractivity contribution in [1.82, 2.24) is 5.32 Å². The van der Waals surface area contributed by atoms with Crippen molar-refractivity contribution in [2.45, 2.75) is 18.6 Å². The molecule has 0 bridgehead atoms. The maximum absolute atomic E-state index is 13.2. The molecule has 2 unspecified atom stereocenters. The maximum atomic E-state index is 13.2. The molecule has 1 aliphatic rings. The lowest BCUT2D eigenvalue weighted by Crippen LogP contribution is -2.33. The van der Waals surface area contributed by atoms with E-state index in [0.717, 1.165) is 17.2 Å². The summed E-state index contributed by atoms with van der Waals surface area (Å²) in [5.41, 5.74) is 7.35. The first kappa shape index (κ1) is 14.8. The van der Waals surface area contributed by atoms with E-state index in [4.69, 9.17) is 17.3 Å². The van der Waals surface area contributed by atoms with Crippen LogP contribution < -0.4 is 11.1 Å². The second-order valence-corrected chi connectivity index (χ2v) is 5.74. The number of hydrogen-bond acceptors (Lipinski definition) is 3. The molecule has 3 rings (SSSR count). The normalized spacial score (nSPS) is 19.8. The highest BCUT2D eigenvalue weighted by atomic mass is 35.5. The molecule has 2 aromatic rings. The number of nitrogens with one attached hydrogen (secondary N) is 1. The number of amides is 1. The van der Waals surface area contributed by atoms with Gasteiger partial charge in [-0.3, -0.25) is 4.79 Å². The number of halogens is 2. The van der Waals surface area contributed by atoms with Crippen LogP contribution in [-0.4, -0.2) is 17.1 Å². The van der Waals surface area contributed by atoms with Crippen LogP contribution in [0, 0.1) is 5.82 Å². The topological polar surface area (TPSA) is 75.4 Å². The van der Waals surface area contributed by atoms with Gasteiger partial charge in [0.05, 0.1) is 17.8 Å². The predicted molar refractivity (Wildman–Crippen MR) is 82.2 cm³/mol. The van der Waals surface area contributed by atoms with Gasteiger partial charge in [0, 0.05) is 17.0 Å². The fourth-order valence-corrected chi connectivity index (χ4v) is 2.86. The Kier molecular flexibility index (Phi) is 3.76. The van der Waals surface area contributed by atoms with Gasteiger partial charge in [-0.2, -0.15) is 0 Å². The monoisotopic (exact) mass is 320 g/mol. The largest absolute Gasteiger partial charge is 0.396 e. The molecule has 22 heavy (non-hydrogen) atoms. The van der Waals surface area contributed by atoms with E-state index in [1.165, 1.54) is 12.1 Å². The minimum Gasteiger partial charge on any atom is -0.396 e. The zero-order valence-corrected chi connectivity index (χ0v) is 12.3. The predicted octanol–water partition coefficient (Wildman–Crippen LogP) is 2.45. The molecule has 0 aromatic heterocycles. The number of nitrogen functional groups attached to an aromatic ring is 1. The van der Waals surface area contributed by atoms with Gasteiger partial charge in [-0.15, -0.1) is 0 Å². The number of aliphatic hydroxyl groups is 1. The number of nitrogens with two attached hydrogens (primary N) is 1. The van der Waals surface area contributed by atoms with Crippen LogP contribution in [0.5, 0.6) is 0 Å². The van der Waals surface area contributed by atoms with Gasteiger partial charge in [0.15, 0.2) is 0 Å². The summed E-state index contributed by atoms with van der Waals surface area (Å²) in [6, 6.07) is 8.53. The molecule has 0 saturated carbocycles. The van der Waals surface area contributed by atoms with Crippen LogP contribution in [0.3, 0.4) is 0 Å². The molecule has 6 heteroatoms. The second kappa shape index (κ2) is 5.59. The van der Waals surface area contributed by atoms with Crippen molar-refractivity contribution in [2.75, 3.05) is 5.73 Å². The van der Waals surface area contributed by atoms with E-state index in [-0.39, 0.29) is 11.3 Å². The van der Waals surface area contributed by atoms with E-state index in [9.17, 15) is 14.3 Å². The Hall–Kier alpha value is -2.11. The lowest BCUT2D eigenvalue weighted by atomic mass is 10.1. The molecule has 2 aromatic carbocycles. The molecule has 0 saturated heterocycles. The highest BCUT2D eigenvalue weighted by molar-refractivity contribution is 6.30. The summed E-state index contributed by atoms with van der Waals surface area (Å²) in [4.78, 5) is 12.3. The number of hydrogen-bond donors (Lipinski definition) is 3. The van der Waals surface area contributed by atoms with Gasteiger partial charge in [0.1, 0.15) is 5.82 Å². The van der Waals surface area contributed by atoms with E-state index in [2.05, 4.69) is 5.32 Å². The number of carbonyl (C=O) groups excluding carboxylic acids is 1. The zero-order chi connectivity index (χ0) is 15.9. The molecule has 0 aliphatic heterocycles. The number of rotatable bonds is 2. The molecule has 0 fully saturated rings. The molecular formula is C16H14ClFN2O2. The Bertz CT molecular complexity index is 751. The molecule has 0 heterocycles. The van der Waals surface area contributed by atoms with Crippen molar-refractivity contribution >= 4 is 23.2 Å². The van der Waals surface area contributed by atoms with Gasteiger partial charge in [-0.25, -0.2) is 4.39 Å².